The summed E-state index contributed by atoms with van der Waals surface area (Å²) in [5, 5.41) is 9.55. The van der Waals surface area contributed by atoms with Crippen LogP contribution < -0.4 is 0 Å². The van der Waals surface area contributed by atoms with Gasteiger partial charge in [-0.15, -0.1) is 10.2 Å². The third-order valence-electron chi connectivity index (χ3n) is 4.64. The van der Waals surface area contributed by atoms with E-state index in [1.165, 1.54) is 0 Å². The number of rotatable bonds is 6. The molecule has 0 aliphatic carbocycles. The van der Waals surface area contributed by atoms with Crippen LogP contribution in [-0.2, 0) is 5.75 Å². The van der Waals surface area contributed by atoms with Gasteiger partial charge in [-0.2, -0.15) is 0 Å². The maximum Gasteiger partial charge on any atom is 0.226 e. The molecule has 30 heavy (non-hydrogen) atoms. The van der Waals surface area contributed by atoms with Crippen LogP contribution >= 0.6 is 11.8 Å². The highest BCUT2D eigenvalue weighted by molar-refractivity contribution is 7.98. The molecule has 0 saturated heterocycles. The maximum atomic E-state index is 5.89. The lowest BCUT2D eigenvalue weighted by atomic mass is 10.2. The lowest BCUT2D eigenvalue weighted by Crippen LogP contribution is -1.99. The Bertz CT molecular complexity index is 1250. The predicted octanol–water partition coefficient (Wildman–Crippen LogP) is 5.78. The Morgan fingerprint density at radius 1 is 0.900 bits per heavy atom. The number of furan rings is 1. The number of hydrogen-bond acceptors (Lipinski definition) is 6. The van der Waals surface area contributed by atoms with Crippen LogP contribution in [0, 0.1) is 6.92 Å². The van der Waals surface area contributed by atoms with Crippen LogP contribution in [0.15, 0.2) is 93.1 Å². The zero-order valence-electron chi connectivity index (χ0n) is 16.2. The van der Waals surface area contributed by atoms with Crippen molar-refractivity contribution in [2.45, 2.75) is 17.8 Å². The summed E-state index contributed by atoms with van der Waals surface area (Å²) in [6.45, 7) is 1.94. The van der Waals surface area contributed by atoms with Gasteiger partial charge < -0.3 is 8.83 Å². The molecule has 2 aromatic carbocycles. The van der Waals surface area contributed by atoms with Gasteiger partial charge >= 0.3 is 0 Å². The molecule has 0 N–H and O–H groups in total. The van der Waals surface area contributed by atoms with E-state index in [0.29, 0.717) is 23.2 Å². The highest BCUT2D eigenvalue weighted by Crippen LogP contribution is 2.31. The molecule has 5 rings (SSSR count). The number of oxazole rings is 1. The van der Waals surface area contributed by atoms with Gasteiger partial charge in [-0.1, -0.05) is 48.2 Å². The van der Waals surface area contributed by atoms with Crippen LogP contribution in [0.1, 0.15) is 11.5 Å². The van der Waals surface area contributed by atoms with Gasteiger partial charge in [0.1, 0.15) is 5.76 Å². The Hall–Kier alpha value is -3.58. The first-order valence-electron chi connectivity index (χ1n) is 9.49. The van der Waals surface area contributed by atoms with Crippen LogP contribution in [-0.4, -0.2) is 19.7 Å². The highest BCUT2D eigenvalue weighted by atomic mass is 32.2. The number of para-hydroxylation sites is 1. The largest absolute Gasteiger partial charge is 0.461 e. The van der Waals surface area contributed by atoms with Crippen LogP contribution in [0.2, 0.25) is 0 Å². The van der Waals surface area contributed by atoms with Gasteiger partial charge in [0.25, 0.3) is 0 Å². The quantitative estimate of drug-likeness (QED) is 0.328. The summed E-state index contributed by atoms with van der Waals surface area (Å²) in [7, 11) is 0. The van der Waals surface area contributed by atoms with Crippen molar-refractivity contribution in [2.75, 3.05) is 0 Å². The van der Waals surface area contributed by atoms with E-state index < -0.39 is 0 Å². The first kappa shape index (κ1) is 18.4. The minimum Gasteiger partial charge on any atom is -0.461 e. The normalized spacial score (nSPS) is 11.1. The third kappa shape index (κ3) is 3.55. The molecule has 3 aromatic heterocycles. The second-order valence-electron chi connectivity index (χ2n) is 6.63. The van der Waals surface area contributed by atoms with E-state index >= 15 is 0 Å². The molecule has 5 aromatic rings. The number of nitrogens with zero attached hydrogens (tertiary/aromatic N) is 4. The van der Waals surface area contributed by atoms with Gasteiger partial charge in [-0.05, 0) is 43.3 Å². The third-order valence-corrected chi connectivity index (χ3v) is 5.58. The Balaban J connectivity index is 1.46. The standard InChI is InChI=1S/C23H18N4O2S/c1-16-19(24-22(29-16)17-9-4-2-5-10-17)15-30-23-26-25-21(20-13-8-14-28-20)27(23)18-11-6-3-7-12-18/h2-14H,15H2,1H3. The summed E-state index contributed by atoms with van der Waals surface area (Å²) in [6, 6.07) is 23.6. The Morgan fingerprint density at radius 2 is 1.67 bits per heavy atom. The number of hydrogen-bond donors (Lipinski definition) is 0. The Morgan fingerprint density at radius 3 is 2.40 bits per heavy atom. The topological polar surface area (TPSA) is 69.9 Å². The lowest BCUT2D eigenvalue weighted by molar-refractivity contribution is 0.540. The molecule has 0 saturated carbocycles. The first-order chi connectivity index (χ1) is 14.8. The summed E-state index contributed by atoms with van der Waals surface area (Å²) < 4.78 is 13.5. The van der Waals surface area contributed by atoms with Crippen molar-refractivity contribution >= 4 is 11.8 Å². The molecule has 0 atom stereocenters. The summed E-state index contributed by atoms with van der Waals surface area (Å²) in [6.07, 6.45) is 1.63. The number of aryl methyl sites for hydroxylation is 1. The van der Waals surface area contributed by atoms with E-state index in [2.05, 4.69) is 10.2 Å². The molecule has 0 aliphatic heterocycles. The van der Waals surface area contributed by atoms with Gasteiger partial charge in [0.15, 0.2) is 10.9 Å². The van der Waals surface area contributed by atoms with Crippen molar-refractivity contribution < 1.29 is 8.83 Å². The summed E-state index contributed by atoms with van der Waals surface area (Å²) in [4.78, 5) is 4.69. The fourth-order valence-electron chi connectivity index (χ4n) is 3.14. The number of aromatic nitrogens is 4. The van der Waals surface area contributed by atoms with Crippen LogP contribution in [0.5, 0.6) is 0 Å². The fourth-order valence-corrected chi connectivity index (χ4v) is 4.09. The molecule has 3 heterocycles. The van der Waals surface area contributed by atoms with E-state index in [9.17, 15) is 0 Å². The van der Waals surface area contributed by atoms with Crippen molar-refractivity contribution in [3.8, 4) is 28.7 Å². The number of thioether (sulfide) groups is 1. The zero-order valence-corrected chi connectivity index (χ0v) is 17.0. The van der Waals surface area contributed by atoms with Crippen molar-refractivity contribution in [1.82, 2.24) is 19.7 Å². The second kappa shape index (κ2) is 8.04. The van der Waals surface area contributed by atoms with Gasteiger partial charge in [0.05, 0.1) is 12.0 Å². The molecular weight excluding hydrogens is 396 g/mol. The Kier molecular flexibility index (Phi) is 4.94. The first-order valence-corrected chi connectivity index (χ1v) is 10.5. The molecule has 0 radical (unpaired) electrons. The number of benzene rings is 2. The van der Waals surface area contributed by atoms with E-state index in [1.807, 2.05) is 84.3 Å². The average molecular weight is 414 g/mol. The van der Waals surface area contributed by atoms with Gasteiger partial charge in [-0.3, -0.25) is 4.57 Å². The molecule has 6 nitrogen and oxygen atoms in total. The van der Waals surface area contributed by atoms with E-state index in [0.717, 1.165) is 27.9 Å². The molecule has 0 amide bonds. The molecule has 0 fully saturated rings. The van der Waals surface area contributed by atoms with Crippen molar-refractivity contribution in [3.05, 3.63) is 90.5 Å². The second-order valence-corrected chi connectivity index (χ2v) is 7.57. The summed E-state index contributed by atoms with van der Waals surface area (Å²) >= 11 is 1.56. The van der Waals surface area contributed by atoms with Crippen molar-refractivity contribution in [1.29, 1.82) is 0 Å². The molecule has 148 valence electrons. The summed E-state index contributed by atoms with van der Waals surface area (Å²) in [5.74, 6) is 3.38. The average Bonchev–Trinajstić information content (AvgIpc) is 3.53. The van der Waals surface area contributed by atoms with Crippen LogP contribution in [0.4, 0.5) is 0 Å². The Labute approximate surface area is 177 Å². The van der Waals surface area contributed by atoms with Crippen LogP contribution in [0.3, 0.4) is 0 Å². The minimum absolute atomic E-state index is 0.616. The van der Waals surface area contributed by atoms with E-state index in [4.69, 9.17) is 13.8 Å². The van der Waals surface area contributed by atoms with Gasteiger partial charge in [-0.25, -0.2) is 4.98 Å². The molecular formula is C23H18N4O2S. The van der Waals surface area contributed by atoms with Crippen molar-refractivity contribution in [2.24, 2.45) is 0 Å². The molecule has 0 aliphatic rings. The zero-order chi connectivity index (χ0) is 20.3. The van der Waals surface area contributed by atoms with Gasteiger partial charge in [0.2, 0.25) is 11.7 Å². The molecule has 7 heteroatoms. The van der Waals surface area contributed by atoms with Crippen molar-refractivity contribution in [3.63, 3.8) is 0 Å². The highest BCUT2D eigenvalue weighted by Gasteiger charge is 2.19. The monoisotopic (exact) mass is 414 g/mol. The predicted molar refractivity (Wildman–Crippen MR) is 115 cm³/mol. The molecule has 0 bridgehead atoms. The van der Waals surface area contributed by atoms with E-state index in [-0.39, 0.29) is 0 Å². The lowest BCUT2D eigenvalue weighted by Gasteiger charge is -2.08. The molecule has 0 spiro atoms. The van der Waals surface area contributed by atoms with Gasteiger partial charge in [0, 0.05) is 17.0 Å². The molecule has 0 unspecified atom stereocenters. The minimum atomic E-state index is 0.616. The summed E-state index contributed by atoms with van der Waals surface area (Å²) in [5.41, 5.74) is 2.82. The smallest absolute Gasteiger partial charge is 0.226 e. The maximum absolute atomic E-state index is 5.89. The SMILES string of the molecule is Cc1oc(-c2ccccc2)nc1CSc1nnc(-c2ccco2)n1-c1ccccc1. The van der Waals surface area contributed by atoms with E-state index in [1.54, 1.807) is 18.0 Å². The van der Waals surface area contributed by atoms with Crippen LogP contribution in [0.25, 0.3) is 28.7 Å². The fraction of sp³-hybridized carbons (Fsp3) is 0.0870.